The van der Waals surface area contributed by atoms with Gasteiger partial charge < -0.3 is 10.2 Å². The van der Waals surface area contributed by atoms with E-state index in [1.54, 1.807) is 6.20 Å². The fourth-order valence-corrected chi connectivity index (χ4v) is 3.65. The number of pyridine rings is 1. The van der Waals surface area contributed by atoms with Gasteiger partial charge in [0.05, 0.1) is 17.2 Å². The molecule has 1 amide bonds. The standard InChI is InChI=1S/C20H28N4O/c1-15(24-12-9-16(10-13-24)14-23(2)3)20(25)22-19-8-4-7-18-17(19)6-5-11-21-18/h4-8,11,15-16H,9-10,12-14H2,1-3H3,(H,22,25). The molecular formula is C20H28N4O. The third kappa shape index (κ3) is 4.35. The maximum Gasteiger partial charge on any atom is 0.241 e. The molecule has 1 saturated heterocycles. The minimum atomic E-state index is -0.118. The Morgan fingerprint density at radius 1 is 1.28 bits per heavy atom. The molecule has 1 aliphatic heterocycles. The Bertz CT molecular complexity index is 717. The van der Waals surface area contributed by atoms with Gasteiger partial charge >= 0.3 is 0 Å². The third-order valence-electron chi connectivity index (χ3n) is 5.10. The van der Waals surface area contributed by atoms with Gasteiger partial charge in [0.1, 0.15) is 0 Å². The number of nitrogens with zero attached hydrogens (tertiary/aromatic N) is 3. The van der Waals surface area contributed by atoms with Crippen molar-refractivity contribution < 1.29 is 4.79 Å². The van der Waals surface area contributed by atoms with Crippen molar-refractivity contribution in [2.24, 2.45) is 5.92 Å². The van der Waals surface area contributed by atoms with Crippen molar-refractivity contribution in [1.29, 1.82) is 0 Å². The van der Waals surface area contributed by atoms with Gasteiger partial charge in [0, 0.05) is 18.1 Å². The van der Waals surface area contributed by atoms with E-state index < -0.39 is 0 Å². The summed E-state index contributed by atoms with van der Waals surface area (Å²) in [5, 5.41) is 4.08. The zero-order chi connectivity index (χ0) is 17.8. The molecular weight excluding hydrogens is 312 g/mol. The number of hydrogen-bond acceptors (Lipinski definition) is 4. The van der Waals surface area contributed by atoms with E-state index in [0.717, 1.165) is 55.0 Å². The Morgan fingerprint density at radius 2 is 2.04 bits per heavy atom. The third-order valence-corrected chi connectivity index (χ3v) is 5.10. The first-order valence-electron chi connectivity index (χ1n) is 9.08. The van der Waals surface area contributed by atoms with Crippen molar-refractivity contribution in [2.75, 3.05) is 39.0 Å². The van der Waals surface area contributed by atoms with Crippen LogP contribution in [-0.2, 0) is 4.79 Å². The normalized spacial score (nSPS) is 17.8. The second-order valence-corrected chi connectivity index (χ2v) is 7.28. The zero-order valence-corrected chi connectivity index (χ0v) is 15.4. The summed E-state index contributed by atoms with van der Waals surface area (Å²) in [7, 11) is 4.25. The van der Waals surface area contributed by atoms with E-state index >= 15 is 0 Å². The molecule has 1 N–H and O–H groups in total. The number of carbonyl (C=O) groups is 1. The number of anilines is 1. The van der Waals surface area contributed by atoms with Crippen LogP contribution >= 0.6 is 0 Å². The molecule has 0 bridgehead atoms. The molecule has 134 valence electrons. The summed E-state index contributed by atoms with van der Waals surface area (Å²) < 4.78 is 0. The van der Waals surface area contributed by atoms with Crippen molar-refractivity contribution in [3.63, 3.8) is 0 Å². The number of amides is 1. The van der Waals surface area contributed by atoms with Gasteiger partial charge in [0.2, 0.25) is 5.91 Å². The van der Waals surface area contributed by atoms with Crippen LogP contribution < -0.4 is 5.32 Å². The van der Waals surface area contributed by atoms with Crippen LogP contribution in [0.1, 0.15) is 19.8 Å². The van der Waals surface area contributed by atoms with Gasteiger partial charge in [0.25, 0.3) is 0 Å². The first-order chi connectivity index (χ1) is 12.0. The maximum atomic E-state index is 12.7. The lowest BCUT2D eigenvalue weighted by Gasteiger charge is -2.36. The fourth-order valence-electron chi connectivity index (χ4n) is 3.65. The molecule has 1 unspecified atom stereocenters. The number of rotatable bonds is 5. The van der Waals surface area contributed by atoms with Crippen LogP contribution in [0.4, 0.5) is 5.69 Å². The molecule has 1 atom stereocenters. The molecule has 5 nitrogen and oxygen atoms in total. The fraction of sp³-hybridized carbons (Fsp3) is 0.500. The van der Waals surface area contributed by atoms with Crippen molar-refractivity contribution in [3.05, 3.63) is 36.5 Å². The van der Waals surface area contributed by atoms with Crippen molar-refractivity contribution in [2.45, 2.75) is 25.8 Å². The summed E-state index contributed by atoms with van der Waals surface area (Å²) in [6, 6.07) is 9.61. The molecule has 1 aliphatic rings. The number of fused-ring (bicyclic) bond motifs is 1. The Kier molecular flexibility index (Phi) is 5.66. The van der Waals surface area contributed by atoms with Gasteiger partial charge in [-0.25, -0.2) is 0 Å². The zero-order valence-electron chi connectivity index (χ0n) is 15.4. The minimum absolute atomic E-state index is 0.0578. The number of aromatic nitrogens is 1. The van der Waals surface area contributed by atoms with Crippen molar-refractivity contribution in [3.8, 4) is 0 Å². The van der Waals surface area contributed by atoms with Gasteiger partial charge in [0.15, 0.2) is 0 Å². The molecule has 2 aromatic rings. The Morgan fingerprint density at radius 3 is 2.76 bits per heavy atom. The first-order valence-corrected chi connectivity index (χ1v) is 9.08. The second kappa shape index (κ2) is 7.93. The number of hydrogen-bond donors (Lipinski definition) is 1. The molecule has 2 heterocycles. The van der Waals surface area contributed by atoms with Gasteiger partial charge in [-0.2, -0.15) is 0 Å². The van der Waals surface area contributed by atoms with E-state index in [2.05, 4.69) is 34.2 Å². The van der Waals surface area contributed by atoms with Crippen molar-refractivity contribution >= 4 is 22.5 Å². The van der Waals surface area contributed by atoms with Gasteiger partial charge in [-0.1, -0.05) is 6.07 Å². The highest BCUT2D eigenvalue weighted by molar-refractivity contribution is 6.02. The summed E-state index contributed by atoms with van der Waals surface area (Å²) in [6.45, 7) is 5.12. The predicted octanol–water partition coefficient (Wildman–Crippen LogP) is 2.84. The summed E-state index contributed by atoms with van der Waals surface area (Å²) in [5.41, 5.74) is 1.74. The lowest BCUT2D eigenvalue weighted by atomic mass is 9.95. The number of likely N-dealkylation sites (tertiary alicyclic amines) is 1. The van der Waals surface area contributed by atoms with Crippen LogP contribution in [0.5, 0.6) is 0 Å². The van der Waals surface area contributed by atoms with E-state index in [1.165, 1.54) is 0 Å². The van der Waals surface area contributed by atoms with Gasteiger partial charge in [-0.05, 0) is 77.1 Å². The molecule has 1 fully saturated rings. The lowest BCUT2D eigenvalue weighted by Crippen LogP contribution is -2.47. The molecule has 5 heteroatoms. The quantitative estimate of drug-likeness (QED) is 0.909. The lowest BCUT2D eigenvalue weighted by molar-refractivity contribution is -0.121. The average molecular weight is 340 g/mol. The van der Waals surface area contributed by atoms with E-state index in [1.807, 2.05) is 37.3 Å². The monoisotopic (exact) mass is 340 g/mol. The van der Waals surface area contributed by atoms with Gasteiger partial charge in [-0.3, -0.25) is 14.7 Å². The van der Waals surface area contributed by atoms with Gasteiger partial charge in [-0.15, -0.1) is 0 Å². The molecule has 25 heavy (non-hydrogen) atoms. The van der Waals surface area contributed by atoms with Crippen LogP contribution in [-0.4, -0.2) is 60.5 Å². The first kappa shape index (κ1) is 17.8. The number of piperidine rings is 1. The Labute approximate surface area is 150 Å². The highest BCUT2D eigenvalue weighted by atomic mass is 16.2. The van der Waals surface area contributed by atoms with Crippen LogP contribution in [0, 0.1) is 5.92 Å². The molecule has 1 aromatic carbocycles. The Balaban J connectivity index is 1.61. The number of benzene rings is 1. The number of nitrogens with one attached hydrogen (secondary N) is 1. The highest BCUT2D eigenvalue weighted by Gasteiger charge is 2.27. The largest absolute Gasteiger partial charge is 0.324 e. The summed E-state index contributed by atoms with van der Waals surface area (Å²) in [4.78, 5) is 21.6. The minimum Gasteiger partial charge on any atom is -0.324 e. The maximum absolute atomic E-state index is 12.7. The summed E-state index contributed by atoms with van der Waals surface area (Å²) in [6.07, 6.45) is 4.09. The average Bonchev–Trinajstić information content (AvgIpc) is 2.61. The van der Waals surface area contributed by atoms with Crippen LogP contribution in [0.15, 0.2) is 36.5 Å². The van der Waals surface area contributed by atoms with E-state index in [-0.39, 0.29) is 11.9 Å². The molecule has 0 aliphatic carbocycles. The summed E-state index contributed by atoms with van der Waals surface area (Å²) in [5.74, 6) is 0.799. The molecule has 3 rings (SSSR count). The van der Waals surface area contributed by atoms with E-state index in [9.17, 15) is 4.79 Å². The number of carbonyl (C=O) groups excluding carboxylic acids is 1. The van der Waals surface area contributed by atoms with Crippen LogP contribution in [0.3, 0.4) is 0 Å². The molecule has 1 aromatic heterocycles. The second-order valence-electron chi connectivity index (χ2n) is 7.28. The smallest absolute Gasteiger partial charge is 0.241 e. The van der Waals surface area contributed by atoms with Crippen LogP contribution in [0.25, 0.3) is 10.9 Å². The predicted molar refractivity (Wildman–Crippen MR) is 103 cm³/mol. The summed E-state index contributed by atoms with van der Waals surface area (Å²) >= 11 is 0. The molecule has 0 radical (unpaired) electrons. The van der Waals surface area contributed by atoms with E-state index in [4.69, 9.17) is 0 Å². The highest BCUT2D eigenvalue weighted by Crippen LogP contribution is 2.23. The van der Waals surface area contributed by atoms with Crippen LogP contribution in [0.2, 0.25) is 0 Å². The molecule has 0 saturated carbocycles. The molecule has 0 spiro atoms. The Hall–Kier alpha value is -1.98. The SMILES string of the molecule is CC(C(=O)Nc1cccc2ncccc12)N1CCC(CN(C)C)CC1. The van der Waals surface area contributed by atoms with E-state index in [0.29, 0.717) is 0 Å². The topological polar surface area (TPSA) is 48.5 Å². The van der Waals surface area contributed by atoms with Crippen molar-refractivity contribution in [1.82, 2.24) is 14.8 Å².